The monoisotopic (exact) mass is 442 g/mol. The number of aryl methyl sites for hydroxylation is 1. The van der Waals surface area contributed by atoms with E-state index in [2.05, 4.69) is 24.4 Å². The van der Waals surface area contributed by atoms with Crippen molar-refractivity contribution < 1.29 is 9.59 Å². The normalized spacial score (nSPS) is 29.8. The first-order valence-electron chi connectivity index (χ1n) is 12.7. The van der Waals surface area contributed by atoms with Crippen LogP contribution in [0.25, 0.3) is 0 Å². The molecule has 4 aliphatic carbocycles. The summed E-state index contributed by atoms with van der Waals surface area (Å²) >= 11 is 0. The summed E-state index contributed by atoms with van der Waals surface area (Å²) in [6.07, 6.45) is 9.34. The molecule has 172 valence electrons. The molecular formula is C29H34N2O2. The van der Waals surface area contributed by atoms with Crippen LogP contribution in [0.3, 0.4) is 0 Å². The summed E-state index contributed by atoms with van der Waals surface area (Å²) < 4.78 is 0. The Bertz CT molecular complexity index is 1070. The Kier molecular flexibility index (Phi) is 5.08. The molecule has 0 spiro atoms. The van der Waals surface area contributed by atoms with E-state index in [1.165, 1.54) is 49.7 Å². The molecule has 4 heteroatoms. The Morgan fingerprint density at radius 1 is 1.00 bits per heavy atom. The van der Waals surface area contributed by atoms with E-state index >= 15 is 0 Å². The molecule has 4 nitrogen and oxygen atoms in total. The van der Waals surface area contributed by atoms with E-state index in [4.69, 9.17) is 0 Å². The van der Waals surface area contributed by atoms with Crippen molar-refractivity contribution in [3.8, 4) is 0 Å². The number of fused-ring (bicyclic) bond motifs is 1. The molecule has 2 amide bonds. The van der Waals surface area contributed by atoms with Crippen LogP contribution in [0.1, 0.15) is 72.0 Å². The molecule has 0 unspecified atom stereocenters. The van der Waals surface area contributed by atoms with Crippen molar-refractivity contribution in [1.29, 1.82) is 0 Å². The van der Waals surface area contributed by atoms with E-state index in [0.29, 0.717) is 19.5 Å². The lowest BCUT2D eigenvalue weighted by atomic mass is 9.49. The van der Waals surface area contributed by atoms with E-state index in [9.17, 15) is 9.59 Å². The molecule has 2 aromatic rings. The molecule has 1 N–H and O–H groups in total. The molecule has 0 saturated heterocycles. The molecule has 0 atom stereocenters. The highest BCUT2D eigenvalue weighted by atomic mass is 16.2. The first kappa shape index (κ1) is 20.9. The lowest BCUT2D eigenvalue weighted by Gasteiger charge is -2.56. The Morgan fingerprint density at radius 2 is 1.70 bits per heavy atom. The second kappa shape index (κ2) is 8.00. The number of rotatable bonds is 5. The molecule has 4 saturated carbocycles. The summed E-state index contributed by atoms with van der Waals surface area (Å²) in [5, 5.41) is 3.23. The van der Waals surface area contributed by atoms with Crippen molar-refractivity contribution >= 4 is 17.5 Å². The number of nitrogens with zero attached hydrogens (tertiary/aromatic N) is 1. The smallest absolute Gasteiger partial charge is 0.254 e. The van der Waals surface area contributed by atoms with Gasteiger partial charge in [0.2, 0.25) is 5.91 Å². The van der Waals surface area contributed by atoms with Crippen LogP contribution in [-0.2, 0) is 17.8 Å². The summed E-state index contributed by atoms with van der Waals surface area (Å²) in [6.45, 7) is 3.41. The minimum atomic E-state index is 0.0664. The summed E-state index contributed by atoms with van der Waals surface area (Å²) in [4.78, 5) is 28.4. The lowest BCUT2D eigenvalue weighted by Crippen LogP contribution is -2.47. The van der Waals surface area contributed by atoms with E-state index in [1.807, 2.05) is 35.2 Å². The Balaban J connectivity index is 1.17. The van der Waals surface area contributed by atoms with Gasteiger partial charge in [0.15, 0.2) is 0 Å². The fourth-order valence-corrected chi connectivity index (χ4v) is 7.88. The largest absolute Gasteiger partial charge is 0.334 e. The van der Waals surface area contributed by atoms with Crippen LogP contribution >= 0.6 is 0 Å². The van der Waals surface area contributed by atoms with Crippen LogP contribution in [-0.4, -0.2) is 23.3 Å². The van der Waals surface area contributed by atoms with Gasteiger partial charge in [0.1, 0.15) is 0 Å². The number of carbonyl (C=O) groups is 2. The molecule has 0 aromatic heterocycles. The SMILES string of the molecule is Cc1ccccc1CN1CCc2c(NC(=O)CC34CC5CC(CC(C5)C3)C4)cccc2C1=O. The van der Waals surface area contributed by atoms with Gasteiger partial charge in [0.05, 0.1) is 0 Å². The third-order valence-electron chi connectivity index (χ3n) is 8.92. The average molecular weight is 443 g/mol. The van der Waals surface area contributed by atoms with Gasteiger partial charge in [-0.1, -0.05) is 30.3 Å². The standard InChI is InChI=1S/C29H34N2O2/c1-19-5-2-3-6-23(19)18-31-10-9-24-25(28(31)33)7-4-8-26(24)30-27(32)17-29-14-20-11-21(15-29)13-22(12-20)16-29/h2-8,20-22H,9-18H2,1H3,(H,30,32). The van der Waals surface area contributed by atoms with Crippen molar-refractivity contribution in [1.82, 2.24) is 4.90 Å². The predicted octanol–water partition coefficient (Wildman–Crippen LogP) is 5.74. The first-order chi connectivity index (χ1) is 16.0. The summed E-state index contributed by atoms with van der Waals surface area (Å²) in [5.41, 5.74) is 5.21. The van der Waals surface area contributed by atoms with Gasteiger partial charge in [0.25, 0.3) is 5.91 Å². The number of benzene rings is 2. The van der Waals surface area contributed by atoms with Crippen LogP contribution in [0.2, 0.25) is 0 Å². The third-order valence-corrected chi connectivity index (χ3v) is 8.92. The van der Waals surface area contributed by atoms with E-state index < -0.39 is 0 Å². The van der Waals surface area contributed by atoms with Gasteiger partial charge in [0, 0.05) is 30.8 Å². The van der Waals surface area contributed by atoms with Crippen molar-refractivity contribution in [3.63, 3.8) is 0 Å². The van der Waals surface area contributed by atoms with Gasteiger partial charge in [-0.15, -0.1) is 0 Å². The van der Waals surface area contributed by atoms with Crippen molar-refractivity contribution in [2.24, 2.45) is 23.2 Å². The molecule has 1 aliphatic heterocycles. The highest BCUT2D eigenvalue weighted by Crippen LogP contribution is 2.61. The summed E-state index contributed by atoms with van der Waals surface area (Å²) in [7, 11) is 0. The number of hydrogen-bond acceptors (Lipinski definition) is 2. The van der Waals surface area contributed by atoms with E-state index in [-0.39, 0.29) is 17.2 Å². The molecule has 5 aliphatic rings. The maximum Gasteiger partial charge on any atom is 0.254 e. The first-order valence-corrected chi connectivity index (χ1v) is 12.7. The van der Waals surface area contributed by atoms with Crippen LogP contribution in [0, 0.1) is 30.1 Å². The molecule has 33 heavy (non-hydrogen) atoms. The highest BCUT2D eigenvalue weighted by Gasteiger charge is 2.51. The maximum atomic E-state index is 13.3. The third kappa shape index (κ3) is 3.88. The minimum Gasteiger partial charge on any atom is -0.334 e. The molecule has 7 rings (SSSR count). The number of anilines is 1. The fourth-order valence-electron chi connectivity index (χ4n) is 7.88. The van der Waals surface area contributed by atoms with Crippen molar-refractivity contribution in [3.05, 3.63) is 64.7 Å². The topological polar surface area (TPSA) is 49.4 Å². The maximum absolute atomic E-state index is 13.3. The van der Waals surface area contributed by atoms with Gasteiger partial charge in [-0.25, -0.2) is 0 Å². The zero-order valence-corrected chi connectivity index (χ0v) is 19.6. The average Bonchev–Trinajstić information content (AvgIpc) is 2.76. The molecule has 1 heterocycles. The van der Waals surface area contributed by atoms with Crippen molar-refractivity contribution in [2.45, 2.75) is 64.8 Å². The molecular weight excluding hydrogens is 408 g/mol. The second-order valence-electron chi connectivity index (χ2n) is 11.4. The van der Waals surface area contributed by atoms with Gasteiger partial charge < -0.3 is 10.2 Å². The number of nitrogens with one attached hydrogen (secondary N) is 1. The molecule has 2 aromatic carbocycles. The Labute approximate surface area is 196 Å². The Hall–Kier alpha value is -2.62. The summed E-state index contributed by atoms with van der Waals surface area (Å²) in [6, 6.07) is 14.0. The number of hydrogen-bond donors (Lipinski definition) is 1. The van der Waals surface area contributed by atoms with Crippen LogP contribution in [0.5, 0.6) is 0 Å². The predicted molar refractivity (Wildman–Crippen MR) is 130 cm³/mol. The highest BCUT2D eigenvalue weighted by molar-refractivity contribution is 6.00. The van der Waals surface area contributed by atoms with Crippen LogP contribution < -0.4 is 5.32 Å². The van der Waals surface area contributed by atoms with E-state index in [1.54, 1.807) is 0 Å². The van der Waals surface area contributed by atoms with Gasteiger partial charge in [-0.2, -0.15) is 0 Å². The van der Waals surface area contributed by atoms with E-state index in [0.717, 1.165) is 41.0 Å². The molecule has 4 bridgehead atoms. The van der Waals surface area contributed by atoms with Crippen LogP contribution in [0.15, 0.2) is 42.5 Å². The minimum absolute atomic E-state index is 0.0664. The number of carbonyl (C=O) groups excluding carboxylic acids is 2. The van der Waals surface area contributed by atoms with Gasteiger partial charge >= 0.3 is 0 Å². The lowest BCUT2D eigenvalue weighted by molar-refractivity contribution is -0.124. The number of amides is 2. The summed E-state index contributed by atoms with van der Waals surface area (Å²) in [5.74, 6) is 2.76. The van der Waals surface area contributed by atoms with Gasteiger partial charge in [-0.3, -0.25) is 9.59 Å². The zero-order valence-electron chi connectivity index (χ0n) is 19.6. The Morgan fingerprint density at radius 3 is 2.39 bits per heavy atom. The van der Waals surface area contributed by atoms with Gasteiger partial charge in [-0.05, 0) is 104 Å². The molecule has 0 radical (unpaired) electrons. The van der Waals surface area contributed by atoms with Crippen LogP contribution in [0.4, 0.5) is 5.69 Å². The fraction of sp³-hybridized carbons (Fsp3) is 0.517. The second-order valence-corrected chi connectivity index (χ2v) is 11.4. The molecule has 4 fully saturated rings. The van der Waals surface area contributed by atoms with Crippen molar-refractivity contribution in [2.75, 3.05) is 11.9 Å². The quantitative estimate of drug-likeness (QED) is 0.642. The zero-order chi connectivity index (χ0) is 22.6.